The molecular weight excluding hydrogens is 184 g/mol. The van der Waals surface area contributed by atoms with Crippen LogP contribution in [0.3, 0.4) is 0 Å². The predicted molar refractivity (Wildman–Crippen MR) is 67.5 cm³/mol. The number of ether oxygens (including phenoxy) is 1. The molecule has 1 heterocycles. The summed E-state index contributed by atoms with van der Waals surface area (Å²) in [6.07, 6.45) is 1.16. The lowest BCUT2D eigenvalue weighted by atomic mass is 9.99. The van der Waals surface area contributed by atoms with Crippen molar-refractivity contribution in [3.63, 3.8) is 0 Å². The third-order valence-corrected chi connectivity index (χ3v) is 2.06. The maximum Gasteiger partial charge on any atom is 0.122 e. The highest BCUT2D eigenvalue weighted by molar-refractivity contribution is 5.34. The molecule has 0 saturated carbocycles. The Kier molecular flexibility index (Phi) is 7.79. The molecule has 1 aliphatic rings. The minimum Gasteiger partial charge on any atom is -0.493 e. The van der Waals surface area contributed by atoms with Gasteiger partial charge in [0.25, 0.3) is 0 Å². The number of rotatable bonds is 0. The molecule has 0 radical (unpaired) electrons. The van der Waals surface area contributed by atoms with E-state index in [1.54, 1.807) is 0 Å². The lowest BCUT2D eigenvalue weighted by Gasteiger charge is -2.21. The van der Waals surface area contributed by atoms with Gasteiger partial charge in [-0.1, -0.05) is 52.8 Å². The van der Waals surface area contributed by atoms with Gasteiger partial charge in [-0.15, -0.1) is 0 Å². The van der Waals surface area contributed by atoms with Crippen molar-refractivity contribution in [1.29, 1.82) is 0 Å². The average molecular weight is 208 g/mol. The minimum absolute atomic E-state index is 0.671. The molecule has 0 saturated heterocycles. The van der Waals surface area contributed by atoms with E-state index in [0.717, 1.165) is 18.8 Å². The molecule has 0 bridgehead atoms. The van der Waals surface area contributed by atoms with Gasteiger partial charge in [-0.2, -0.15) is 0 Å². The van der Waals surface area contributed by atoms with Crippen molar-refractivity contribution >= 4 is 0 Å². The fourth-order valence-corrected chi connectivity index (χ4v) is 1.48. The Labute approximate surface area is 94.5 Å². The van der Waals surface area contributed by atoms with Crippen molar-refractivity contribution in [2.45, 2.75) is 41.0 Å². The molecule has 1 atom stereocenters. The summed E-state index contributed by atoms with van der Waals surface area (Å²) in [5.41, 5.74) is 1.35. The van der Waals surface area contributed by atoms with E-state index in [1.165, 1.54) is 5.56 Å². The van der Waals surface area contributed by atoms with E-state index < -0.39 is 0 Å². The molecule has 0 fully saturated rings. The predicted octanol–water partition coefficient (Wildman–Crippen LogP) is 4.31. The van der Waals surface area contributed by atoms with Crippen LogP contribution in [0.25, 0.3) is 0 Å². The molecule has 0 aromatic heterocycles. The summed E-state index contributed by atoms with van der Waals surface area (Å²) >= 11 is 0. The van der Waals surface area contributed by atoms with E-state index in [1.807, 2.05) is 39.8 Å². The zero-order valence-electron chi connectivity index (χ0n) is 10.7. The summed E-state index contributed by atoms with van der Waals surface area (Å²) < 4.78 is 5.54. The highest BCUT2D eigenvalue weighted by Gasteiger charge is 2.14. The zero-order chi connectivity index (χ0) is 11.7. The molecule has 15 heavy (non-hydrogen) atoms. The molecule has 0 aliphatic carbocycles. The Balaban J connectivity index is 0.000000442. The number of para-hydroxylation sites is 1. The standard InChI is InChI=1S/C10H12O.2C2H6/c1-8-6-9-4-2-3-5-10(9)11-7-8;2*1-2/h2-5,8H,6-7H2,1H3;2*1-2H3. The highest BCUT2D eigenvalue weighted by Crippen LogP contribution is 2.25. The first-order valence-electron chi connectivity index (χ1n) is 6.07. The molecule has 1 unspecified atom stereocenters. The molecule has 1 aromatic rings. The lowest BCUT2D eigenvalue weighted by molar-refractivity contribution is 0.234. The van der Waals surface area contributed by atoms with E-state index in [0.29, 0.717) is 5.92 Å². The van der Waals surface area contributed by atoms with Gasteiger partial charge in [0.1, 0.15) is 5.75 Å². The Morgan fingerprint density at radius 3 is 2.33 bits per heavy atom. The monoisotopic (exact) mass is 208 g/mol. The van der Waals surface area contributed by atoms with Crippen molar-refractivity contribution in [2.75, 3.05) is 6.61 Å². The number of benzene rings is 1. The number of fused-ring (bicyclic) bond motifs is 1. The first-order chi connectivity index (χ1) is 7.36. The number of hydrogen-bond acceptors (Lipinski definition) is 1. The van der Waals surface area contributed by atoms with Crippen LogP contribution in [-0.4, -0.2) is 6.61 Å². The summed E-state index contributed by atoms with van der Waals surface area (Å²) in [7, 11) is 0. The second kappa shape index (κ2) is 8.34. The molecule has 1 heteroatoms. The summed E-state index contributed by atoms with van der Waals surface area (Å²) in [5.74, 6) is 1.75. The Bertz CT molecular complexity index is 255. The first kappa shape index (κ1) is 14.0. The van der Waals surface area contributed by atoms with Gasteiger partial charge < -0.3 is 4.74 Å². The normalized spacial score (nSPS) is 17.0. The highest BCUT2D eigenvalue weighted by atomic mass is 16.5. The van der Waals surface area contributed by atoms with Crippen LogP contribution in [0.2, 0.25) is 0 Å². The quantitative estimate of drug-likeness (QED) is 0.617. The van der Waals surface area contributed by atoms with E-state index >= 15 is 0 Å². The Morgan fingerprint density at radius 1 is 1.07 bits per heavy atom. The van der Waals surface area contributed by atoms with Gasteiger partial charge in [-0.25, -0.2) is 0 Å². The molecule has 0 N–H and O–H groups in total. The van der Waals surface area contributed by atoms with Crippen LogP contribution >= 0.6 is 0 Å². The third kappa shape index (κ3) is 4.37. The molecule has 0 spiro atoms. The van der Waals surface area contributed by atoms with Crippen molar-refractivity contribution in [1.82, 2.24) is 0 Å². The van der Waals surface area contributed by atoms with Gasteiger partial charge >= 0.3 is 0 Å². The van der Waals surface area contributed by atoms with Crippen molar-refractivity contribution < 1.29 is 4.74 Å². The summed E-state index contributed by atoms with van der Waals surface area (Å²) in [4.78, 5) is 0. The second-order valence-electron chi connectivity index (χ2n) is 3.23. The Hall–Kier alpha value is -0.980. The maximum absolute atomic E-state index is 5.54. The van der Waals surface area contributed by atoms with Crippen molar-refractivity contribution in [2.24, 2.45) is 5.92 Å². The van der Waals surface area contributed by atoms with Crippen molar-refractivity contribution in [3.05, 3.63) is 29.8 Å². The van der Waals surface area contributed by atoms with Gasteiger partial charge in [0, 0.05) is 0 Å². The van der Waals surface area contributed by atoms with Crippen LogP contribution < -0.4 is 4.74 Å². The lowest BCUT2D eigenvalue weighted by Crippen LogP contribution is -2.17. The molecule has 1 aromatic carbocycles. The molecule has 1 aliphatic heterocycles. The van der Waals surface area contributed by atoms with Gasteiger partial charge in [-0.05, 0) is 24.0 Å². The largest absolute Gasteiger partial charge is 0.493 e. The Morgan fingerprint density at radius 2 is 1.67 bits per heavy atom. The van der Waals surface area contributed by atoms with Gasteiger partial charge in [0.2, 0.25) is 0 Å². The van der Waals surface area contributed by atoms with Gasteiger partial charge in [0.15, 0.2) is 0 Å². The smallest absolute Gasteiger partial charge is 0.122 e. The van der Waals surface area contributed by atoms with E-state index in [-0.39, 0.29) is 0 Å². The van der Waals surface area contributed by atoms with Crippen molar-refractivity contribution in [3.8, 4) is 5.75 Å². The third-order valence-electron chi connectivity index (χ3n) is 2.06. The minimum atomic E-state index is 0.671. The first-order valence-corrected chi connectivity index (χ1v) is 6.07. The fourth-order valence-electron chi connectivity index (χ4n) is 1.48. The van der Waals surface area contributed by atoms with Gasteiger partial charge in [-0.3, -0.25) is 0 Å². The van der Waals surface area contributed by atoms with E-state index in [2.05, 4.69) is 19.1 Å². The van der Waals surface area contributed by atoms with E-state index in [4.69, 9.17) is 4.74 Å². The van der Waals surface area contributed by atoms with Crippen LogP contribution in [0.5, 0.6) is 5.75 Å². The van der Waals surface area contributed by atoms with Crippen LogP contribution in [0.4, 0.5) is 0 Å². The fraction of sp³-hybridized carbons (Fsp3) is 0.571. The SMILES string of the molecule is CC.CC.CC1COc2ccccc2C1. The van der Waals surface area contributed by atoms with Crippen LogP contribution in [0.15, 0.2) is 24.3 Å². The molecule has 0 amide bonds. The second-order valence-corrected chi connectivity index (χ2v) is 3.23. The van der Waals surface area contributed by atoms with Gasteiger partial charge in [0.05, 0.1) is 6.61 Å². The molecular formula is C14H24O. The zero-order valence-corrected chi connectivity index (χ0v) is 10.7. The maximum atomic E-state index is 5.54. The molecule has 2 rings (SSSR count). The van der Waals surface area contributed by atoms with E-state index in [9.17, 15) is 0 Å². The summed E-state index contributed by atoms with van der Waals surface area (Å²) in [6.45, 7) is 11.1. The van der Waals surface area contributed by atoms with Crippen LogP contribution in [-0.2, 0) is 6.42 Å². The summed E-state index contributed by atoms with van der Waals surface area (Å²) in [6, 6.07) is 8.28. The number of hydrogen-bond donors (Lipinski definition) is 0. The van der Waals surface area contributed by atoms with Crippen LogP contribution in [0, 0.1) is 5.92 Å². The van der Waals surface area contributed by atoms with Crippen LogP contribution in [0.1, 0.15) is 40.2 Å². The molecule has 1 nitrogen and oxygen atoms in total. The molecule has 86 valence electrons. The topological polar surface area (TPSA) is 9.23 Å². The summed E-state index contributed by atoms with van der Waals surface area (Å²) in [5, 5.41) is 0. The average Bonchev–Trinajstić information content (AvgIpc) is 2.34.